The van der Waals surface area contributed by atoms with E-state index in [9.17, 15) is 9.67 Å². The molecule has 0 amide bonds. The van der Waals surface area contributed by atoms with Gasteiger partial charge in [0, 0.05) is 19.8 Å². The van der Waals surface area contributed by atoms with Gasteiger partial charge in [-0.3, -0.25) is 4.57 Å². The van der Waals surface area contributed by atoms with Gasteiger partial charge in [0.25, 0.3) is 0 Å². The Hall–Kier alpha value is -0.230. The van der Waals surface area contributed by atoms with E-state index in [-0.39, 0.29) is 17.0 Å². The summed E-state index contributed by atoms with van der Waals surface area (Å²) in [7, 11) is 3.26. The highest BCUT2D eigenvalue weighted by Crippen LogP contribution is 2.56. The van der Waals surface area contributed by atoms with Crippen LogP contribution in [0.1, 0.15) is 19.4 Å². The molecule has 1 aromatic carbocycles. The summed E-state index contributed by atoms with van der Waals surface area (Å²) in [5.41, 5.74) is 0.597. The molecule has 1 rings (SSSR count). The quantitative estimate of drug-likeness (QED) is 0.488. The molecule has 0 heterocycles. The van der Waals surface area contributed by atoms with Crippen LogP contribution in [0.15, 0.2) is 30.3 Å². The second-order valence-corrected chi connectivity index (χ2v) is 9.30. The summed E-state index contributed by atoms with van der Waals surface area (Å²) in [6.45, 7) is 5.21. The van der Waals surface area contributed by atoms with E-state index in [1.165, 1.54) is 19.8 Å². The van der Waals surface area contributed by atoms with E-state index in [2.05, 4.69) is 26.2 Å². The molecule has 0 aliphatic rings. The highest BCUT2D eigenvalue weighted by molar-refractivity contribution is 7.54. The third kappa shape index (κ3) is 6.29. The zero-order chi connectivity index (χ0) is 17.0. The highest BCUT2D eigenvalue weighted by atomic mass is 79.9. The second kappa shape index (κ2) is 8.75. The van der Waals surface area contributed by atoms with Gasteiger partial charge in [-0.1, -0.05) is 44.2 Å². The highest BCUT2D eigenvalue weighted by Gasteiger charge is 2.47. The van der Waals surface area contributed by atoms with E-state index in [0.29, 0.717) is 11.0 Å². The van der Waals surface area contributed by atoms with E-state index in [4.69, 9.17) is 9.05 Å². The van der Waals surface area contributed by atoms with Gasteiger partial charge in [-0.05, 0) is 0 Å². The molecule has 0 saturated heterocycles. The van der Waals surface area contributed by atoms with Gasteiger partial charge in [-0.2, -0.15) is 0 Å². The predicted octanol–water partition coefficient (Wildman–Crippen LogP) is 0.0975. The molecule has 0 fully saturated rings. The van der Waals surface area contributed by atoms with Crippen LogP contribution in [-0.4, -0.2) is 50.3 Å². The van der Waals surface area contributed by atoms with E-state index < -0.39 is 18.9 Å². The molecule has 1 atom stereocenters. The van der Waals surface area contributed by atoms with Gasteiger partial charge in [0.15, 0.2) is 5.85 Å². The third-order valence-corrected chi connectivity index (χ3v) is 6.11. The molecule has 23 heavy (non-hydrogen) atoms. The van der Waals surface area contributed by atoms with Gasteiger partial charge in [0.2, 0.25) is 0 Å². The Morgan fingerprint density at radius 2 is 1.65 bits per heavy atom. The fourth-order valence-corrected chi connectivity index (χ4v) is 4.51. The van der Waals surface area contributed by atoms with Crippen LogP contribution in [0.2, 0.25) is 0 Å². The van der Waals surface area contributed by atoms with Crippen molar-refractivity contribution in [3.63, 3.8) is 0 Å². The zero-order valence-corrected chi connectivity index (χ0v) is 17.3. The summed E-state index contributed by atoms with van der Waals surface area (Å²) in [5.74, 6) is -1.18. The molecule has 0 bridgehead atoms. The Labute approximate surface area is 150 Å². The number of hydrogen-bond donors (Lipinski definition) is 1. The Kier molecular flexibility index (Phi) is 8.66. The molecule has 134 valence electrons. The van der Waals surface area contributed by atoms with Crippen LogP contribution in [0.3, 0.4) is 0 Å². The number of benzene rings is 1. The number of quaternary nitrogens is 1. The van der Waals surface area contributed by atoms with Crippen molar-refractivity contribution in [3.05, 3.63) is 35.9 Å². The van der Waals surface area contributed by atoms with Crippen molar-refractivity contribution < 1.29 is 40.2 Å². The van der Waals surface area contributed by atoms with E-state index >= 15 is 0 Å². The number of aliphatic hydroxyl groups is 1. The van der Waals surface area contributed by atoms with Crippen molar-refractivity contribution in [2.45, 2.75) is 26.2 Å². The standard InChI is InChI=1S/C16H29NO4P.BrH/c1-16(2,15(18)22(19,20-5)21-6)13-17(3,4)12-14-10-8-7-9-11-14;/h7-11,15,18H,12-13H2,1-6H3;1H/q+1;/p-1. The first-order chi connectivity index (χ1) is 10.1. The fourth-order valence-electron chi connectivity index (χ4n) is 3.02. The lowest BCUT2D eigenvalue weighted by Gasteiger charge is -2.40. The van der Waals surface area contributed by atoms with Gasteiger partial charge in [0.1, 0.15) is 6.54 Å². The van der Waals surface area contributed by atoms with E-state index in [1.807, 2.05) is 32.0 Å². The molecular weight excluding hydrogens is 381 g/mol. The molecule has 0 saturated carbocycles. The number of hydrogen-bond acceptors (Lipinski definition) is 4. The molecule has 0 spiro atoms. The lowest BCUT2D eigenvalue weighted by atomic mass is 9.92. The molecule has 1 aromatic rings. The van der Waals surface area contributed by atoms with Crippen LogP contribution < -0.4 is 17.0 Å². The molecule has 7 heteroatoms. The first-order valence-corrected chi connectivity index (χ1v) is 8.93. The minimum Gasteiger partial charge on any atom is -1.00 e. The minimum absolute atomic E-state index is 0. The molecule has 1 N–H and O–H groups in total. The summed E-state index contributed by atoms with van der Waals surface area (Å²) in [6, 6.07) is 10.2. The smallest absolute Gasteiger partial charge is 0.359 e. The van der Waals surface area contributed by atoms with Crippen molar-refractivity contribution in [3.8, 4) is 0 Å². The molecule has 0 aliphatic heterocycles. The second-order valence-electron chi connectivity index (χ2n) is 7.00. The lowest BCUT2D eigenvalue weighted by Crippen LogP contribution is -3.00. The molecule has 5 nitrogen and oxygen atoms in total. The van der Waals surface area contributed by atoms with Crippen LogP contribution in [0, 0.1) is 5.41 Å². The predicted molar refractivity (Wildman–Crippen MR) is 88.5 cm³/mol. The maximum atomic E-state index is 12.4. The Morgan fingerprint density at radius 1 is 1.17 bits per heavy atom. The normalized spacial score (nSPS) is 14.2. The van der Waals surface area contributed by atoms with Crippen molar-refractivity contribution in [1.82, 2.24) is 0 Å². The molecule has 0 aromatic heterocycles. The van der Waals surface area contributed by atoms with Gasteiger partial charge < -0.3 is 35.6 Å². The van der Waals surface area contributed by atoms with Crippen molar-refractivity contribution in [2.24, 2.45) is 5.41 Å². The van der Waals surface area contributed by atoms with Crippen LogP contribution in [0.4, 0.5) is 0 Å². The van der Waals surface area contributed by atoms with Crippen LogP contribution in [0.5, 0.6) is 0 Å². The molecular formula is C16H29BrNO4P. The topological polar surface area (TPSA) is 55.8 Å². The Bertz CT molecular complexity index is 514. The number of nitrogens with zero attached hydrogens (tertiary/aromatic N) is 1. The summed E-state index contributed by atoms with van der Waals surface area (Å²) in [5, 5.41) is 10.5. The average Bonchev–Trinajstić information content (AvgIpc) is 2.45. The van der Waals surface area contributed by atoms with Crippen molar-refractivity contribution in [2.75, 3.05) is 34.9 Å². The maximum absolute atomic E-state index is 12.4. The zero-order valence-electron chi connectivity index (χ0n) is 14.8. The summed E-state index contributed by atoms with van der Waals surface area (Å²) in [4.78, 5) is 0. The third-order valence-electron chi connectivity index (χ3n) is 3.80. The Morgan fingerprint density at radius 3 is 2.09 bits per heavy atom. The van der Waals surface area contributed by atoms with Gasteiger partial charge >= 0.3 is 7.60 Å². The first kappa shape index (κ1) is 22.8. The van der Waals surface area contributed by atoms with Crippen LogP contribution in [0.25, 0.3) is 0 Å². The number of rotatable bonds is 8. The van der Waals surface area contributed by atoms with Crippen LogP contribution in [-0.2, 0) is 20.2 Å². The van der Waals surface area contributed by atoms with E-state index in [1.54, 1.807) is 0 Å². The van der Waals surface area contributed by atoms with Crippen molar-refractivity contribution in [1.29, 1.82) is 0 Å². The minimum atomic E-state index is -3.52. The monoisotopic (exact) mass is 409 g/mol. The fraction of sp³-hybridized carbons (Fsp3) is 0.625. The van der Waals surface area contributed by atoms with E-state index in [0.717, 1.165) is 6.54 Å². The number of halogens is 1. The lowest BCUT2D eigenvalue weighted by molar-refractivity contribution is -0.910. The first-order valence-electron chi connectivity index (χ1n) is 7.31. The summed E-state index contributed by atoms with van der Waals surface area (Å²) >= 11 is 0. The molecule has 1 unspecified atom stereocenters. The van der Waals surface area contributed by atoms with Gasteiger partial charge in [0.05, 0.1) is 26.1 Å². The largest absolute Gasteiger partial charge is 1.00 e. The van der Waals surface area contributed by atoms with Gasteiger partial charge in [-0.25, -0.2) is 0 Å². The summed E-state index contributed by atoms with van der Waals surface area (Å²) in [6.07, 6.45) is 0. The average molecular weight is 410 g/mol. The molecule has 0 aliphatic carbocycles. The summed E-state index contributed by atoms with van der Waals surface area (Å²) < 4.78 is 23.0. The van der Waals surface area contributed by atoms with Crippen molar-refractivity contribution >= 4 is 7.60 Å². The maximum Gasteiger partial charge on any atom is 0.359 e. The van der Waals surface area contributed by atoms with Crippen LogP contribution >= 0.6 is 7.60 Å². The SMILES string of the molecule is COP(=O)(OC)C(O)C(C)(C)C[N+](C)(C)Cc1ccccc1.[Br-]. The Balaban J connectivity index is 0.00000484. The van der Waals surface area contributed by atoms with Gasteiger partial charge in [-0.15, -0.1) is 0 Å². The number of aliphatic hydroxyl groups excluding tert-OH is 1. The molecule has 0 radical (unpaired) electrons.